The zero-order valence-corrected chi connectivity index (χ0v) is 17.4. The van der Waals surface area contributed by atoms with Crippen LogP contribution in [-0.2, 0) is 0 Å². The van der Waals surface area contributed by atoms with Gasteiger partial charge in [-0.1, -0.05) is 109 Å². The summed E-state index contributed by atoms with van der Waals surface area (Å²) in [6.07, 6.45) is 0. The summed E-state index contributed by atoms with van der Waals surface area (Å²) in [4.78, 5) is 0. The van der Waals surface area contributed by atoms with Crippen LogP contribution < -0.4 is 0 Å². The normalized spacial score (nSPS) is 12.4. The zero-order chi connectivity index (χ0) is 20.8. The lowest BCUT2D eigenvalue weighted by atomic mass is 9.84. The van der Waals surface area contributed by atoms with Crippen LogP contribution in [0, 0.1) is 0 Å². The van der Waals surface area contributed by atoms with Gasteiger partial charge in [0.15, 0.2) is 0 Å². The Hall–Kier alpha value is -4.16. The van der Waals surface area contributed by atoms with E-state index in [-0.39, 0.29) is 0 Å². The van der Waals surface area contributed by atoms with E-state index in [0.29, 0.717) is 0 Å². The van der Waals surface area contributed by atoms with Gasteiger partial charge < -0.3 is 0 Å². The molecular formula is C32H18. The molecule has 0 saturated carbocycles. The molecule has 0 nitrogen and oxygen atoms in total. The summed E-state index contributed by atoms with van der Waals surface area (Å²) in [5.41, 5.74) is 0. The molecule has 0 aliphatic rings. The minimum atomic E-state index is 1.30. The van der Waals surface area contributed by atoms with Gasteiger partial charge in [0.05, 0.1) is 0 Å². The Kier molecular flexibility index (Phi) is 2.97. The highest BCUT2D eigenvalue weighted by Crippen LogP contribution is 2.47. The Morgan fingerprint density at radius 2 is 0.594 bits per heavy atom. The molecule has 0 N–H and O–H groups in total. The summed E-state index contributed by atoms with van der Waals surface area (Å²) in [5.74, 6) is 0. The standard InChI is InChI=1S/C32H18/c1-3-9-21-19(7-1)15-17-25-23-11-6-14-28-30-22-10-4-2-8-20(22)16-18-26(30)24-12-5-13-27(29(21)25)31(24)32(23)28/h1-18H. The van der Waals surface area contributed by atoms with Crippen molar-refractivity contribution in [1.29, 1.82) is 0 Å². The summed E-state index contributed by atoms with van der Waals surface area (Å²) in [7, 11) is 0. The SMILES string of the molecule is c1ccc2c(c1)ccc1c3cccc4c5c6ccccc6ccc5c5cccc(c21)c5c34. The Bertz CT molecular complexity index is 1880. The quantitative estimate of drug-likeness (QED) is 0.175. The second-order valence-corrected chi connectivity index (χ2v) is 8.87. The van der Waals surface area contributed by atoms with Crippen LogP contribution in [0.5, 0.6) is 0 Å². The Morgan fingerprint density at radius 1 is 0.219 bits per heavy atom. The van der Waals surface area contributed by atoms with Crippen LogP contribution in [0.1, 0.15) is 0 Å². The highest BCUT2D eigenvalue weighted by Gasteiger charge is 2.18. The Balaban J connectivity index is 1.81. The van der Waals surface area contributed by atoms with E-state index in [1.165, 1.54) is 75.4 Å². The molecule has 8 rings (SSSR count). The van der Waals surface area contributed by atoms with Crippen molar-refractivity contribution in [2.45, 2.75) is 0 Å². The van der Waals surface area contributed by atoms with Crippen molar-refractivity contribution in [3.05, 3.63) is 109 Å². The van der Waals surface area contributed by atoms with Gasteiger partial charge in [-0.25, -0.2) is 0 Å². The van der Waals surface area contributed by atoms with Crippen LogP contribution in [0.3, 0.4) is 0 Å². The Labute approximate surface area is 184 Å². The molecule has 0 spiro atoms. The van der Waals surface area contributed by atoms with Crippen LogP contribution in [0.25, 0.3) is 75.4 Å². The van der Waals surface area contributed by atoms with E-state index >= 15 is 0 Å². The first-order chi connectivity index (χ1) is 15.9. The van der Waals surface area contributed by atoms with E-state index in [2.05, 4.69) is 109 Å². The number of fused-ring (bicyclic) bond motifs is 10. The molecule has 8 aromatic rings. The van der Waals surface area contributed by atoms with Crippen molar-refractivity contribution in [3.63, 3.8) is 0 Å². The number of benzene rings is 8. The van der Waals surface area contributed by atoms with Gasteiger partial charge in [-0.05, 0) is 75.4 Å². The molecule has 0 amide bonds. The molecule has 0 fully saturated rings. The van der Waals surface area contributed by atoms with Crippen LogP contribution in [0.2, 0.25) is 0 Å². The van der Waals surface area contributed by atoms with E-state index in [0.717, 1.165) is 0 Å². The first kappa shape index (κ1) is 16.5. The van der Waals surface area contributed by atoms with Crippen molar-refractivity contribution in [2.75, 3.05) is 0 Å². The summed E-state index contributed by atoms with van der Waals surface area (Å²) in [5, 5.41) is 18.9. The summed E-state index contributed by atoms with van der Waals surface area (Å²) < 4.78 is 0. The predicted octanol–water partition coefficient (Wildman–Crippen LogP) is 9.20. The largest absolute Gasteiger partial charge is 0.0616 e. The number of hydrogen-bond donors (Lipinski definition) is 0. The molecular weight excluding hydrogens is 384 g/mol. The topological polar surface area (TPSA) is 0 Å². The van der Waals surface area contributed by atoms with E-state index in [9.17, 15) is 0 Å². The van der Waals surface area contributed by atoms with E-state index in [1.807, 2.05) is 0 Å². The van der Waals surface area contributed by atoms with Gasteiger partial charge in [0, 0.05) is 0 Å². The maximum atomic E-state index is 2.32. The van der Waals surface area contributed by atoms with Crippen LogP contribution in [0.15, 0.2) is 109 Å². The maximum absolute atomic E-state index is 2.32. The van der Waals surface area contributed by atoms with E-state index in [1.54, 1.807) is 0 Å². The molecule has 8 aromatic carbocycles. The second kappa shape index (κ2) is 5.75. The van der Waals surface area contributed by atoms with Crippen molar-refractivity contribution in [3.8, 4) is 0 Å². The molecule has 0 heteroatoms. The average Bonchev–Trinajstić information content (AvgIpc) is 2.87. The fourth-order valence-corrected chi connectivity index (χ4v) is 6.08. The molecule has 32 heavy (non-hydrogen) atoms. The van der Waals surface area contributed by atoms with Gasteiger partial charge >= 0.3 is 0 Å². The van der Waals surface area contributed by atoms with Crippen LogP contribution in [-0.4, -0.2) is 0 Å². The monoisotopic (exact) mass is 402 g/mol. The lowest BCUT2D eigenvalue weighted by Gasteiger charge is -2.19. The van der Waals surface area contributed by atoms with Crippen molar-refractivity contribution in [1.82, 2.24) is 0 Å². The second-order valence-electron chi connectivity index (χ2n) is 8.87. The highest BCUT2D eigenvalue weighted by molar-refractivity contribution is 6.43. The molecule has 0 unspecified atom stereocenters. The number of rotatable bonds is 0. The van der Waals surface area contributed by atoms with Gasteiger partial charge in [0.1, 0.15) is 0 Å². The number of hydrogen-bond acceptors (Lipinski definition) is 0. The Morgan fingerprint density at radius 3 is 1.09 bits per heavy atom. The summed E-state index contributed by atoms with van der Waals surface area (Å²) in [6, 6.07) is 40.5. The van der Waals surface area contributed by atoms with Gasteiger partial charge in [-0.15, -0.1) is 0 Å². The average molecular weight is 402 g/mol. The summed E-state index contributed by atoms with van der Waals surface area (Å²) >= 11 is 0. The van der Waals surface area contributed by atoms with Gasteiger partial charge in [-0.3, -0.25) is 0 Å². The van der Waals surface area contributed by atoms with Gasteiger partial charge in [-0.2, -0.15) is 0 Å². The lowest BCUT2D eigenvalue weighted by Crippen LogP contribution is -1.90. The predicted molar refractivity (Wildman–Crippen MR) is 140 cm³/mol. The fourth-order valence-electron chi connectivity index (χ4n) is 6.08. The van der Waals surface area contributed by atoms with Gasteiger partial charge in [0.2, 0.25) is 0 Å². The van der Waals surface area contributed by atoms with Crippen molar-refractivity contribution >= 4 is 75.4 Å². The molecule has 0 bridgehead atoms. The lowest BCUT2D eigenvalue weighted by molar-refractivity contribution is 1.79. The summed E-state index contributed by atoms with van der Waals surface area (Å²) in [6.45, 7) is 0. The molecule has 0 aromatic heterocycles. The molecule has 146 valence electrons. The maximum Gasteiger partial charge on any atom is -0.00137 e. The zero-order valence-electron chi connectivity index (χ0n) is 17.4. The van der Waals surface area contributed by atoms with Crippen molar-refractivity contribution in [2.24, 2.45) is 0 Å². The first-order valence-corrected chi connectivity index (χ1v) is 11.2. The smallest absolute Gasteiger partial charge is 0.00137 e. The minimum Gasteiger partial charge on any atom is -0.0616 e. The van der Waals surface area contributed by atoms with Crippen molar-refractivity contribution < 1.29 is 0 Å². The third kappa shape index (κ3) is 1.89. The van der Waals surface area contributed by atoms with Gasteiger partial charge in [0.25, 0.3) is 0 Å². The first-order valence-electron chi connectivity index (χ1n) is 11.2. The molecule has 0 aliphatic carbocycles. The molecule has 0 aliphatic heterocycles. The van der Waals surface area contributed by atoms with E-state index in [4.69, 9.17) is 0 Å². The van der Waals surface area contributed by atoms with E-state index < -0.39 is 0 Å². The van der Waals surface area contributed by atoms with Crippen LogP contribution in [0.4, 0.5) is 0 Å². The third-order valence-electron chi connectivity index (χ3n) is 7.36. The van der Waals surface area contributed by atoms with Crippen LogP contribution >= 0.6 is 0 Å². The molecule has 0 radical (unpaired) electrons. The molecule has 0 heterocycles. The minimum absolute atomic E-state index is 1.30. The molecule has 0 atom stereocenters. The fraction of sp³-hybridized carbons (Fsp3) is 0. The third-order valence-corrected chi connectivity index (χ3v) is 7.36. The molecule has 0 saturated heterocycles. The highest BCUT2D eigenvalue weighted by atomic mass is 14.2.